The largest absolute Gasteiger partial charge is 0.478 e. The molecule has 0 aliphatic rings. The number of aromatic nitrogens is 1. The number of carboxylic acids is 1. The zero-order valence-electron chi connectivity index (χ0n) is 15.2. The van der Waals surface area contributed by atoms with Crippen molar-refractivity contribution in [2.75, 3.05) is 17.3 Å². The molecule has 0 aliphatic carbocycles. The lowest BCUT2D eigenvalue weighted by Gasteiger charge is -2.29. The summed E-state index contributed by atoms with van der Waals surface area (Å²) in [5, 5.41) is 10.2. The van der Waals surface area contributed by atoms with E-state index in [9.17, 15) is 24.3 Å². The summed E-state index contributed by atoms with van der Waals surface area (Å²) in [4.78, 5) is 51.6. The van der Waals surface area contributed by atoms with Crippen molar-refractivity contribution in [3.05, 3.63) is 30.5 Å². The number of esters is 2. The van der Waals surface area contributed by atoms with Gasteiger partial charge in [-0.3, -0.25) is 14.4 Å². The van der Waals surface area contributed by atoms with Crippen LogP contribution >= 0.6 is 11.6 Å². The molecule has 9 nitrogen and oxygen atoms in total. The minimum Gasteiger partial charge on any atom is -0.478 e. The minimum absolute atomic E-state index is 0.0144. The highest BCUT2D eigenvalue weighted by atomic mass is 35.5. The van der Waals surface area contributed by atoms with E-state index in [1.54, 1.807) is 30.5 Å². The van der Waals surface area contributed by atoms with Gasteiger partial charge in [0.05, 0.1) is 0 Å². The number of aromatic amines is 1. The molecule has 1 aromatic heterocycles. The molecule has 1 aromatic carbocycles. The zero-order chi connectivity index (χ0) is 20.8. The number of carboxylic acid groups (broad SMARTS) is 1. The van der Waals surface area contributed by atoms with Gasteiger partial charge in [0.2, 0.25) is 12.2 Å². The number of ether oxygens (including phenoxy) is 2. The standard InChI is InChI=1S/C18H19ClN2O7/c1-10(22)27-15(16(18(25)26)28-11(2)23)17(24)21(8-6-19)13-3-4-14-12(9-13)5-7-20-14/h3-5,7,9,15-16,20H,6,8H2,1-2H3,(H,25,26)/t15-,16-/m1/s1. The summed E-state index contributed by atoms with van der Waals surface area (Å²) in [6.45, 7) is 2.02. The lowest BCUT2D eigenvalue weighted by atomic mass is 10.1. The van der Waals surface area contributed by atoms with Crippen LogP contribution in [0.1, 0.15) is 13.8 Å². The molecule has 1 heterocycles. The first-order valence-corrected chi connectivity index (χ1v) is 8.79. The van der Waals surface area contributed by atoms with E-state index in [0.29, 0.717) is 5.69 Å². The summed E-state index contributed by atoms with van der Waals surface area (Å²) in [5.41, 5.74) is 1.25. The normalized spacial score (nSPS) is 12.8. The Balaban J connectivity index is 2.45. The smallest absolute Gasteiger partial charge is 0.349 e. The number of nitrogens with zero attached hydrogens (tertiary/aromatic N) is 1. The van der Waals surface area contributed by atoms with Gasteiger partial charge in [0.25, 0.3) is 5.91 Å². The van der Waals surface area contributed by atoms with Crippen LogP contribution in [0.3, 0.4) is 0 Å². The first kappa shape index (κ1) is 21.2. The van der Waals surface area contributed by atoms with Gasteiger partial charge in [0, 0.05) is 49.1 Å². The molecular weight excluding hydrogens is 392 g/mol. The van der Waals surface area contributed by atoms with Crippen LogP contribution in [0.2, 0.25) is 0 Å². The Morgan fingerprint density at radius 1 is 1.11 bits per heavy atom. The number of hydrogen-bond acceptors (Lipinski definition) is 6. The monoisotopic (exact) mass is 410 g/mol. The van der Waals surface area contributed by atoms with E-state index in [1.807, 2.05) is 0 Å². The van der Waals surface area contributed by atoms with Gasteiger partial charge in [-0.05, 0) is 24.3 Å². The van der Waals surface area contributed by atoms with Gasteiger partial charge in [-0.2, -0.15) is 0 Å². The van der Waals surface area contributed by atoms with Crippen molar-refractivity contribution in [1.82, 2.24) is 4.98 Å². The molecule has 1 amide bonds. The van der Waals surface area contributed by atoms with Crippen LogP contribution in [0.15, 0.2) is 30.5 Å². The van der Waals surface area contributed by atoms with E-state index >= 15 is 0 Å². The molecule has 2 N–H and O–H groups in total. The van der Waals surface area contributed by atoms with Crippen molar-refractivity contribution in [1.29, 1.82) is 0 Å². The Bertz CT molecular complexity index is 895. The molecule has 0 unspecified atom stereocenters. The predicted octanol–water partition coefficient (Wildman–Crippen LogP) is 1.69. The van der Waals surface area contributed by atoms with Crippen LogP contribution in [0.25, 0.3) is 10.9 Å². The van der Waals surface area contributed by atoms with Crippen molar-refractivity contribution < 1.29 is 33.8 Å². The molecule has 150 valence electrons. The fourth-order valence-corrected chi connectivity index (χ4v) is 2.82. The lowest BCUT2D eigenvalue weighted by Crippen LogP contribution is -2.52. The molecule has 0 bridgehead atoms. The topological polar surface area (TPSA) is 126 Å². The van der Waals surface area contributed by atoms with Gasteiger partial charge in [0.1, 0.15) is 0 Å². The highest BCUT2D eigenvalue weighted by molar-refractivity contribution is 6.18. The number of anilines is 1. The predicted molar refractivity (Wildman–Crippen MR) is 100 cm³/mol. The van der Waals surface area contributed by atoms with Crippen LogP contribution in [0, 0.1) is 0 Å². The number of H-pyrrole nitrogens is 1. The maximum absolute atomic E-state index is 13.1. The molecule has 10 heteroatoms. The minimum atomic E-state index is -2.00. The van der Waals surface area contributed by atoms with E-state index in [0.717, 1.165) is 24.8 Å². The Hall–Kier alpha value is -3.07. The molecule has 28 heavy (non-hydrogen) atoms. The van der Waals surface area contributed by atoms with Crippen LogP contribution in [-0.4, -0.2) is 58.5 Å². The van der Waals surface area contributed by atoms with Gasteiger partial charge in [0.15, 0.2) is 0 Å². The number of halogens is 1. The summed E-state index contributed by atoms with van der Waals surface area (Å²) in [6.07, 6.45) is -2.14. The first-order valence-electron chi connectivity index (χ1n) is 8.26. The number of rotatable bonds is 8. The number of benzene rings is 1. The van der Waals surface area contributed by atoms with Crippen LogP contribution in [-0.2, 0) is 28.7 Å². The van der Waals surface area contributed by atoms with E-state index in [1.165, 1.54) is 4.90 Å². The van der Waals surface area contributed by atoms with Gasteiger partial charge in [-0.15, -0.1) is 11.6 Å². The Morgan fingerprint density at radius 3 is 2.32 bits per heavy atom. The molecule has 0 radical (unpaired) electrons. The summed E-state index contributed by atoms with van der Waals surface area (Å²) >= 11 is 5.81. The van der Waals surface area contributed by atoms with E-state index in [2.05, 4.69) is 4.98 Å². The summed E-state index contributed by atoms with van der Waals surface area (Å²) in [6, 6.07) is 6.86. The van der Waals surface area contributed by atoms with Crippen molar-refractivity contribution in [3.63, 3.8) is 0 Å². The fourth-order valence-electron chi connectivity index (χ4n) is 2.65. The Labute approximate surface area is 165 Å². The lowest BCUT2D eigenvalue weighted by molar-refractivity contribution is -0.180. The summed E-state index contributed by atoms with van der Waals surface area (Å²) < 4.78 is 9.64. The summed E-state index contributed by atoms with van der Waals surface area (Å²) in [7, 11) is 0. The number of fused-ring (bicyclic) bond motifs is 1. The van der Waals surface area contributed by atoms with E-state index in [-0.39, 0.29) is 12.4 Å². The van der Waals surface area contributed by atoms with Crippen molar-refractivity contribution >= 4 is 52.0 Å². The number of carbonyl (C=O) groups is 4. The maximum atomic E-state index is 13.1. The average molecular weight is 411 g/mol. The molecule has 2 rings (SSSR count). The third-order valence-corrected chi connectivity index (χ3v) is 3.94. The van der Waals surface area contributed by atoms with Gasteiger partial charge < -0.3 is 24.5 Å². The van der Waals surface area contributed by atoms with Crippen molar-refractivity contribution in [3.8, 4) is 0 Å². The second-order valence-corrected chi connectivity index (χ2v) is 6.20. The molecule has 0 saturated carbocycles. The van der Waals surface area contributed by atoms with Gasteiger partial charge in [-0.1, -0.05) is 0 Å². The molecule has 0 saturated heterocycles. The maximum Gasteiger partial charge on any atom is 0.349 e. The highest BCUT2D eigenvalue weighted by Gasteiger charge is 2.42. The number of alkyl halides is 1. The molecular formula is C18H19ClN2O7. The van der Waals surface area contributed by atoms with E-state index < -0.39 is 36.0 Å². The quantitative estimate of drug-likeness (QED) is 0.500. The van der Waals surface area contributed by atoms with Crippen LogP contribution in [0.4, 0.5) is 5.69 Å². The number of carbonyl (C=O) groups excluding carboxylic acids is 3. The van der Waals surface area contributed by atoms with Gasteiger partial charge >= 0.3 is 17.9 Å². The Morgan fingerprint density at radius 2 is 1.75 bits per heavy atom. The fraction of sp³-hybridized carbons (Fsp3) is 0.333. The summed E-state index contributed by atoms with van der Waals surface area (Å²) in [5.74, 6) is -4.30. The van der Waals surface area contributed by atoms with Crippen LogP contribution < -0.4 is 4.90 Å². The number of aliphatic carboxylic acids is 1. The Kier molecular flexibility index (Phi) is 7.00. The number of nitrogens with one attached hydrogen (secondary N) is 1. The molecule has 0 fully saturated rings. The third kappa shape index (κ3) is 5.01. The van der Waals surface area contributed by atoms with E-state index in [4.69, 9.17) is 21.1 Å². The zero-order valence-corrected chi connectivity index (χ0v) is 15.9. The third-order valence-electron chi connectivity index (χ3n) is 3.77. The number of amides is 1. The molecule has 2 aromatic rings. The SMILES string of the molecule is CC(=O)O[C@@H](C(=O)O)[C@@H](OC(C)=O)C(=O)N(CCCl)c1ccc2[nH]ccc2c1. The second-order valence-electron chi connectivity index (χ2n) is 5.83. The highest BCUT2D eigenvalue weighted by Crippen LogP contribution is 2.23. The van der Waals surface area contributed by atoms with Crippen molar-refractivity contribution in [2.24, 2.45) is 0 Å². The van der Waals surface area contributed by atoms with Crippen LogP contribution in [0.5, 0.6) is 0 Å². The molecule has 0 spiro atoms. The average Bonchev–Trinajstić information content (AvgIpc) is 3.09. The second kappa shape index (κ2) is 9.23. The number of hydrogen-bond donors (Lipinski definition) is 2. The van der Waals surface area contributed by atoms with Crippen molar-refractivity contribution in [2.45, 2.75) is 26.1 Å². The molecule has 2 atom stereocenters. The first-order chi connectivity index (χ1) is 13.2. The van der Waals surface area contributed by atoms with Gasteiger partial charge in [-0.25, -0.2) is 4.79 Å². The molecule has 0 aliphatic heterocycles.